The molecule has 348 valence electrons. The van der Waals surface area contributed by atoms with Crippen LogP contribution in [0.4, 0.5) is 0 Å². The molecule has 0 rings (SSSR count). The number of carbonyl (C=O) groups is 3. The van der Waals surface area contributed by atoms with Crippen LogP contribution >= 0.6 is 0 Å². The Morgan fingerprint density at radius 2 is 0.617 bits per heavy atom. The van der Waals surface area contributed by atoms with Gasteiger partial charge in [-0.3, -0.25) is 14.4 Å². The van der Waals surface area contributed by atoms with E-state index in [9.17, 15) is 14.4 Å². The molecule has 0 aliphatic rings. The standard InChI is InChI=1S/C54H96O6/c1-4-7-10-13-16-19-21-23-25-26-27-28-29-31-32-35-38-41-44-47-53(56)59-50-51(49-58-52(55)46-43-40-37-34-18-15-12-9-6-3)60-54(57)48-45-42-39-36-33-30-24-22-20-17-14-11-8-5-2/h16,19,21,23,30,33-34,37,51H,4-15,17-18,20,22,24-29,31-32,35-36,38-50H2,1-3H3/b19-16-,23-21-,33-30-,37-34-. The van der Waals surface area contributed by atoms with Gasteiger partial charge in [-0.2, -0.15) is 0 Å². The Labute approximate surface area is 371 Å². The summed E-state index contributed by atoms with van der Waals surface area (Å²) < 4.78 is 16.7. The maximum Gasteiger partial charge on any atom is 0.306 e. The van der Waals surface area contributed by atoms with E-state index in [0.717, 1.165) is 64.2 Å². The van der Waals surface area contributed by atoms with Crippen LogP contribution in [-0.4, -0.2) is 37.2 Å². The van der Waals surface area contributed by atoms with E-state index in [0.29, 0.717) is 25.7 Å². The number of allylic oxidation sites excluding steroid dienone is 8. The van der Waals surface area contributed by atoms with E-state index in [2.05, 4.69) is 69.4 Å². The lowest BCUT2D eigenvalue weighted by molar-refractivity contribution is -0.167. The molecule has 0 aliphatic heterocycles. The monoisotopic (exact) mass is 841 g/mol. The summed E-state index contributed by atoms with van der Waals surface area (Å²) in [6.07, 6.45) is 58.2. The first-order valence-electron chi connectivity index (χ1n) is 25.7. The van der Waals surface area contributed by atoms with Gasteiger partial charge in [0, 0.05) is 19.3 Å². The molecule has 0 radical (unpaired) electrons. The van der Waals surface area contributed by atoms with E-state index >= 15 is 0 Å². The Balaban J connectivity index is 4.32. The molecule has 0 saturated carbocycles. The van der Waals surface area contributed by atoms with Crippen LogP contribution in [0.25, 0.3) is 0 Å². The molecule has 60 heavy (non-hydrogen) atoms. The number of hydrogen-bond acceptors (Lipinski definition) is 6. The molecule has 0 aliphatic carbocycles. The summed E-state index contributed by atoms with van der Waals surface area (Å²) in [5.74, 6) is -0.941. The van der Waals surface area contributed by atoms with Crippen molar-refractivity contribution in [3.05, 3.63) is 48.6 Å². The quantitative estimate of drug-likeness (QED) is 0.0200. The maximum absolute atomic E-state index is 12.7. The third-order valence-electron chi connectivity index (χ3n) is 11.1. The van der Waals surface area contributed by atoms with Crippen LogP contribution < -0.4 is 0 Å². The molecule has 0 amide bonds. The van der Waals surface area contributed by atoms with Crippen molar-refractivity contribution >= 4 is 17.9 Å². The molecular formula is C54H96O6. The van der Waals surface area contributed by atoms with E-state index in [-0.39, 0.29) is 31.1 Å². The summed E-state index contributed by atoms with van der Waals surface area (Å²) in [7, 11) is 0. The van der Waals surface area contributed by atoms with Gasteiger partial charge in [0.25, 0.3) is 0 Å². The maximum atomic E-state index is 12.7. The molecule has 0 spiro atoms. The molecule has 0 fully saturated rings. The highest BCUT2D eigenvalue weighted by molar-refractivity contribution is 5.71. The zero-order chi connectivity index (χ0) is 43.7. The van der Waals surface area contributed by atoms with Gasteiger partial charge in [0.2, 0.25) is 0 Å². The van der Waals surface area contributed by atoms with Crippen molar-refractivity contribution in [3.63, 3.8) is 0 Å². The lowest BCUT2D eigenvalue weighted by Gasteiger charge is -2.18. The lowest BCUT2D eigenvalue weighted by Crippen LogP contribution is -2.30. The van der Waals surface area contributed by atoms with E-state index < -0.39 is 6.10 Å². The minimum atomic E-state index is -0.790. The first-order valence-corrected chi connectivity index (χ1v) is 25.7. The smallest absolute Gasteiger partial charge is 0.306 e. The summed E-state index contributed by atoms with van der Waals surface area (Å²) in [6.45, 7) is 6.54. The van der Waals surface area contributed by atoms with Crippen molar-refractivity contribution in [1.82, 2.24) is 0 Å². The molecule has 6 heteroatoms. The van der Waals surface area contributed by atoms with Gasteiger partial charge in [-0.05, 0) is 89.9 Å². The highest BCUT2D eigenvalue weighted by Crippen LogP contribution is 2.14. The number of esters is 3. The minimum Gasteiger partial charge on any atom is -0.462 e. The predicted molar refractivity (Wildman–Crippen MR) is 256 cm³/mol. The van der Waals surface area contributed by atoms with Crippen LogP contribution in [0.1, 0.15) is 258 Å². The number of rotatable bonds is 46. The number of carbonyl (C=O) groups excluding carboxylic acids is 3. The van der Waals surface area contributed by atoms with Gasteiger partial charge in [0.05, 0.1) is 0 Å². The highest BCUT2D eigenvalue weighted by atomic mass is 16.6. The van der Waals surface area contributed by atoms with Crippen molar-refractivity contribution in [2.45, 2.75) is 264 Å². The molecule has 0 aromatic carbocycles. The normalized spacial score (nSPS) is 12.4. The fourth-order valence-electron chi connectivity index (χ4n) is 7.14. The van der Waals surface area contributed by atoms with Crippen molar-refractivity contribution < 1.29 is 28.6 Å². The van der Waals surface area contributed by atoms with Crippen molar-refractivity contribution in [2.75, 3.05) is 13.2 Å². The Kier molecular flexibility index (Phi) is 46.9. The Morgan fingerprint density at radius 3 is 1.07 bits per heavy atom. The molecule has 0 heterocycles. The second-order valence-corrected chi connectivity index (χ2v) is 17.1. The average Bonchev–Trinajstić information content (AvgIpc) is 3.24. The SMILES string of the molecule is CCCCC/C=C\C=C/CCCCCCCCCCCCC(=O)OCC(COC(=O)CCC/C=C\CCCCCC)OC(=O)CCCCC/C=C\CCCCCCCCC. The van der Waals surface area contributed by atoms with E-state index in [4.69, 9.17) is 14.2 Å². The van der Waals surface area contributed by atoms with E-state index in [1.165, 1.54) is 148 Å². The molecule has 1 unspecified atom stereocenters. The zero-order valence-corrected chi connectivity index (χ0v) is 39.7. The van der Waals surface area contributed by atoms with Crippen LogP contribution in [0.3, 0.4) is 0 Å². The van der Waals surface area contributed by atoms with Gasteiger partial charge in [-0.1, -0.05) is 198 Å². The third kappa shape index (κ3) is 46.4. The van der Waals surface area contributed by atoms with Gasteiger partial charge in [-0.15, -0.1) is 0 Å². The summed E-state index contributed by atoms with van der Waals surface area (Å²) in [5.41, 5.74) is 0. The van der Waals surface area contributed by atoms with Gasteiger partial charge in [0.15, 0.2) is 6.10 Å². The van der Waals surface area contributed by atoms with Crippen molar-refractivity contribution in [1.29, 1.82) is 0 Å². The molecule has 0 N–H and O–H groups in total. The van der Waals surface area contributed by atoms with Crippen LogP contribution in [0.2, 0.25) is 0 Å². The molecule has 6 nitrogen and oxygen atoms in total. The average molecular weight is 841 g/mol. The van der Waals surface area contributed by atoms with Crippen molar-refractivity contribution in [2.24, 2.45) is 0 Å². The second-order valence-electron chi connectivity index (χ2n) is 17.1. The fraction of sp³-hybridized carbons (Fsp3) is 0.796. The van der Waals surface area contributed by atoms with E-state index in [1.54, 1.807) is 0 Å². The van der Waals surface area contributed by atoms with Gasteiger partial charge in [-0.25, -0.2) is 0 Å². The summed E-state index contributed by atoms with van der Waals surface area (Å²) in [6, 6.07) is 0. The molecule has 0 aromatic rings. The molecule has 1 atom stereocenters. The van der Waals surface area contributed by atoms with E-state index in [1.807, 2.05) is 0 Å². The van der Waals surface area contributed by atoms with Crippen LogP contribution in [0.5, 0.6) is 0 Å². The largest absolute Gasteiger partial charge is 0.462 e. The zero-order valence-electron chi connectivity index (χ0n) is 39.7. The van der Waals surface area contributed by atoms with Crippen LogP contribution in [-0.2, 0) is 28.6 Å². The number of unbranched alkanes of at least 4 members (excludes halogenated alkanes) is 28. The first kappa shape index (κ1) is 57.4. The Morgan fingerprint density at radius 1 is 0.333 bits per heavy atom. The Hall–Kier alpha value is -2.63. The first-order chi connectivity index (χ1) is 29.5. The Bertz CT molecular complexity index is 1060. The van der Waals surface area contributed by atoms with Gasteiger partial charge < -0.3 is 14.2 Å². The molecule has 0 bridgehead atoms. The lowest BCUT2D eigenvalue weighted by atomic mass is 10.1. The topological polar surface area (TPSA) is 78.9 Å². The summed E-state index contributed by atoms with van der Waals surface area (Å²) >= 11 is 0. The molecule has 0 aromatic heterocycles. The number of ether oxygens (including phenoxy) is 3. The summed E-state index contributed by atoms with van der Waals surface area (Å²) in [4.78, 5) is 37.8. The molecular weight excluding hydrogens is 745 g/mol. The fourth-order valence-corrected chi connectivity index (χ4v) is 7.14. The minimum absolute atomic E-state index is 0.0887. The highest BCUT2D eigenvalue weighted by Gasteiger charge is 2.19. The van der Waals surface area contributed by atoms with Gasteiger partial charge in [0.1, 0.15) is 13.2 Å². The van der Waals surface area contributed by atoms with Crippen LogP contribution in [0, 0.1) is 0 Å². The van der Waals surface area contributed by atoms with Gasteiger partial charge >= 0.3 is 17.9 Å². The summed E-state index contributed by atoms with van der Waals surface area (Å²) in [5, 5.41) is 0. The molecule has 0 saturated heterocycles. The number of hydrogen-bond donors (Lipinski definition) is 0. The predicted octanol–water partition coefficient (Wildman–Crippen LogP) is 16.7. The second kappa shape index (κ2) is 49.0. The van der Waals surface area contributed by atoms with Crippen molar-refractivity contribution in [3.8, 4) is 0 Å². The third-order valence-corrected chi connectivity index (χ3v) is 11.1. The van der Waals surface area contributed by atoms with Crippen LogP contribution in [0.15, 0.2) is 48.6 Å².